The van der Waals surface area contributed by atoms with Crippen LogP contribution in [0, 0.1) is 11.8 Å². The molecule has 0 unspecified atom stereocenters. The van der Waals surface area contributed by atoms with E-state index in [0.717, 1.165) is 52.1 Å². The van der Waals surface area contributed by atoms with Crippen LogP contribution in [0.25, 0.3) is 0 Å². The molecule has 0 aliphatic carbocycles. The van der Waals surface area contributed by atoms with Crippen LogP contribution in [0.2, 0.25) is 0 Å². The molecule has 0 spiro atoms. The molecule has 2 fully saturated rings. The first kappa shape index (κ1) is 25.0. The monoisotopic (exact) mass is 467 g/mol. The Morgan fingerprint density at radius 2 is 1.75 bits per heavy atom. The van der Waals surface area contributed by atoms with Gasteiger partial charge in [0.25, 0.3) is 0 Å². The molecule has 0 aromatic heterocycles. The van der Waals surface area contributed by atoms with E-state index < -0.39 is 16.1 Å². The summed E-state index contributed by atoms with van der Waals surface area (Å²) in [5.74, 6) is 0.894. The second kappa shape index (κ2) is 11.4. The SMILES string of the molecule is COc1ccc(S(=O)(=O)N[C@H](C(=O)N2CCC(CCN3CCOCC3)CC2)C(C)C)cc1. The molecule has 1 aromatic carbocycles. The number of ether oxygens (including phenoxy) is 2. The number of carbonyl (C=O) groups excluding carboxylic acids is 1. The van der Waals surface area contributed by atoms with Crippen molar-refractivity contribution in [2.24, 2.45) is 11.8 Å². The van der Waals surface area contributed by atoms with Crippen LogP contribution in [-0.4, -0.2) is 83.2 Å². The number of methoxy groups -OCH3 is 1. The summed E-state index contributed by atoms with van der Waals surface area (Å²) in [6, 6.07) is 5.39. The molecule has 2 aliphatic heterocycles. The Balaban J connectivity index is 1.54. The normalized spacial score (nSPS) is 19.8. The van der Waals surface area contributed by atoms with E-state index in [-0.39, 0.29) is 16.7 Å². The Morgan fingerprint density at radius 1 is 1.12 bits per heavy atom. The number of sulfonamides is 1. The summed E-state index contributed by atoms with van der Waals surface area (Å²) in [5, 5.41) is 0. The lowest BCUT2D eigenvalue weighted by atomic mass is 9.92. The van der Waals surface area contributed by atoms with Gasteiger partial charge in [0.2, 0.25) is 15.9 Å². The first-order valence-electron chi connectivity index (χ1n) is 11.6. The quantitative estimate of drug-likeness (QED) is 0.597. The minimum Gasteiger partial charge on any atom is -0.497 e. The number of nitrogens with one attached hydrogen (secondary N) is 1. The summed E-state index contributed by atoms with van der Waals surface area (Å²) in [5.41, 5.74) is 0. The molecule has 3 rings (SSSR count). The van der Waals surface area contributed by atoms with Crippen LogP contribution in [0.15, 0.2) is 29.2 Å². The minimum atomic E-state index is -3.81. The molecule has 32 heavy (non-hydrogen) atoms. The Labute approximate surface area is 192 Å². The average molecular weight is 468 g/mol. The van der Waals surface area contributed by atoms with Crippen molar-refractivity contribution in [3.05, 3.63) is 24.3 Å². The van der Waals surface area contributed by atoms with E-state index in [1.165, 1.54) is 19.2 Å². The molecule has 180 valence electrons. The molecule has 2 saturated heterocycles. The molecule has 2 aliphatic rings. The molecular formula is C23H37N3O5S. The number of morpholine rings is 1. The van der Waals surface area contributed by atoms with Gasteiger partial charge in [-0.2, -0.15) is 4.72 Å². The molecule has 1 amide bonds. The number of piperidine rings is 1. The summed E-state index contributed by atoms with van der Waals surface area (Å²) in [4.78, 5) is 17.6. The van der Waals surface area contributed by atoms with E-state index >= 15 is 0 Å². The Morgan fingerprint density at radius 3 is 2.31 bits per heavy atom. The van der Waals surface area contributed by atoms with Gasteiger partial charge >= 0.3 is 0 Å². The van der Waals surface area contributed by atoms with Gasteiger partial charge in [-0.1, -0.05) is 13.8 Å². The number of rotatable bonds is 9. The van der Waals surface area contributed by atoms with Gasteiger partial charge in [0.05, 0.1) is 25.2 Å². The van der Waals surface area contributed by atoms with E-state index in [0.29, 0.717) is 24.8 Å². The molecule has 0 bridgehead atoms. The highest BCUT2D eigenvalue weighted by molar-refractivity contribution is 7.89. The zero-order valence-electron chi connectivity index (χ0n) is 19.5. The third-order valence-corrected chi connectivity index (χ3v) is 7.93. The largest absolute Gasteiger partial charge is 0.497 e. The van der Waals surface area contributed by atoms with Crippen molar-refractivity contribution in [3.8, 4) is 5.75 Å². The minimum absolute atomic E-state index is 0.124. The lowest BCUT2D eigenvalue weighted by Crippen LogP contribution is -2.53. The standard InChI is InChI=1S/C23H37N3O5S/c1-18(2)22(24-32(28,29)21-6-4-20(30-3)5-7-21)23(27)26-12-9-19(10-13-26)8-11-25-14-16-31-17-15-25/h4-7,18-19,22,24H,8-17H2,1-3H3/t22-/m0/s1. The van der Waals surface area contributed by atoms with Gasteiger partial charge in [0.1, 0.15) is 11.8 Å². The van der Waals surface area contributed by atoms with Crippen molar-refractivity contribution < 1.29 is 22.7 Å². The van der Waals surface area contributed by atoms with Crippen molar-refractivity contribution >= 4 is 15.9 Å². The number of amides is 1. The predicted molar refractivity (Wildman–Crippen MR) is 123 cm³/mol. The van der Waals surface area contributed by atoms with Gasteiger partial charge in [0.15, 0.2) is 0 Å². The summed E-state index contributed by atoms with van der Waals surface area (Å²) >= 11 is 0. The van der Waals surface area contributed by atoms with E-state index in [4.69, 9.17) is 9.47 Å². The number of nitrogens with zero attached hydrogens (tertiary/aromatic N) is 2. The summed E-state index contributed by atoms with van der Waals surface area (Å²) in [6.45, 7) is 9.82. The highest BCUT2D eigenvalue weighted by Gasteiger charge is 2.33. The summed E-state index contributed by atoms with van der Waals surface area (Å²) < 4.78 is 38.9. The van der Waals surface area contributed by atoms with Crippen LogP contribution >= 0.6 is 0 Å². The molecule has 0 saturated carbocycles. The molecule has 0 radical (unpaired) electrons. The van der Waals surface area contributed by atoms with Gasteiger partial charge in [0, 0.05) is 26.2 Å². The highest BCUT2D eigenvalue weighted by atomic mass is 32.2. The van der Waals surface area contributed by atoms with Gasteiger partial charge < -0.3 is 14.4 Å². The number of carbonyl (C=O) groups is 1. The van der Waals surface area contributed by atoms with Crippen molar-refractivity contribution in [2.75, 3.05) is 53.0 Å². The van der Waals surface area contributed by atoms with Gasteiger partial charge in [-0.15, -0.1) is 0 Å². The number of likely N-dealkylation sites (tertiary alicyclic amines) is 1. The lowest BCUT2D eigenvalue weighted by Gasteiger charge is -2.36. The Hall–Kier alpha value is -1.68. The third-order valence-electron chi connectivity index (χ3n) is 6.47. The second-order valence-electron chi connectivity index (χ2n) is 9.03. The maximum atomic E-state index is 13.2. The zero-order chi connectivity index (χ0) is 23.1. The van der Waals surface area contributed by atoms with Crippen LogP contribution in [-0.2, 0) is 19.6 Å². The summed E-state index contributed by atoms with van der Waals surface area (Å²) in [6.07, 6.45) is 3.07. The molecule has 2 heterocycles. The van der Waals surface area contributed by atoms with E-state index in [9.17, 15) is 13.2 Å². The van der Waals surface area contributed by atoms with Crippen molar-refractivity contribution in [3.63, 3.8) is 0 Å². The Bertz CT molecular complexity index is 830. The van der Waals surface area contributed by atoms with Crippen molar-refractivity contribution in [2.45, 2.75) is 44.0 Å². The van der Waals surface area contributed by atoms with E-state index in [1.54, 1.807) is 12.1 Å². The summed E-state index contributed by atoms with van der Waals surface area (Å²) in [7, 11) is -2.29. The van der Waals surface area contributed by atoms with Crippen LogP contribution in [0.5, 0.6) is 5.75 Å². The van der Waals surface area contributed by atoms with Gasteiger partial charge in [-0.25, -0.2) is 8.42 Å². The second-order valence-corrected chi connectivity index (χ2v) is 10.7. The average Bonchev–Trinajstić information content (AvgIpc) is 2.81. The zero-order valence-corrected chi connectivity index (χ0v) is 20.3. The van der Waals surface area contributed by atoms with E-state index in [2.05, 4.69) is 9.62 Å². The van der Waals surface area contributed by atoms with Crippen LogP contribution < -0.4 is 9.46 Å². The van der Waals surface area contributed by atoms with Crippen LogP contribution in [0.3, 0.4) is 0 Å². The Kier molecular flexibility index (Phi) is 8.93. The molecule has 1 atom stereocenters. The first-order valence-corrected chi connectivity index (χ1v) is 13.0. The molecule has 1 aromatic rings. The maximum Gasteiger partial charge on any atom is 0.241 e. The topological polar surface area (TPSA) is 88.2 Å². The fourth-order valence-electron chi connectivity index (χ4n) is 4.29. The van der Waals surface area contributed by atoms with E-state index in [1.807, 2.05) is 18.7 Å². The lowest BCUT2D eigenvalue weighted by molar-refractivity contribution is -0.135. The molecule has 8 nitrogen and oxygen atoms in total. The number of benzene rings is 1. The first-order chi connectivity index (χ1) is 15.3. The van der Waals surface area contributed by atoms with Crippen LogP contribution in [0.1, 0.15) is 33.1 Å². The fraction of sp³-hybridized carbons (Fsp3) is 0.696. The van der Waals surface area contributed by atoms with Gasteiger partial charge in [-0.05, 0) is 61.9 Å². The predicted octanol–water partition coefficient (Wildman–Crippen LogP) is 1.96. The van der Waals surface area contributed by atoms with Crippen molar-refractivity contribution in [1.82, 2.24) is 14.5 Å². The smallest absolute Gasteiger partial charge is 0.241 e. The highest BCUT2D eigenvalue weighted by Crippen LogP contribution is 2.23. The van der Waals surface area contributed by atoms with Crippen LogP contribution in [0.4, 0.5) is 0 Å². The third kappa shape index (κ3) is 6.66. The molecule has 1 N–H and O–H groups in total. The molecular weight excluding hydrogens is 430 g/mol. The van der Waals surface area contributed by atoms with Crippen molar-refractivity contribution in [1.29, 1.82) is 0 Å². The molecule has 9 heteroatoms. The number of hydrogen-bond acceptors (Lipinski definition) is 6. The maximum absolute atomic E-state index is 13.2. The number of hydrogen-bond donors (Lipinski definition) is 1. The van der Waals surface area contributed by atoms with Gasteiger partial charge in [-0.3, -0.25) is 9.69 Å². The fourth-order valence-corrected chi connectivity index (χ4v) is 5.63.